The first-order valence-electron chi connectivity index (χ1n) is 14.1. The average Bonchev–Trinajstić information content (AvgIpc) is 2.89. The molecule has 0 bridgehead atoms. The average molecular weight is 467 g/mol. The van der Waals surface area contributed by atoms with Gasteiger partial charge in [0.25, 0.3) is 0 Å². The molecule has 0 saturated heterocycles. The quantitative estimate of drug-likeness (QED) is 0.306. The summed E-state index contributed by atoms with van der Waals surface area (Å²) in [5.41, 5.74) is 4.70. The van der Waals surface area contributed by atoms with Crippen LogP contribution >= 0.6 is 0 Å². The van der Waals surface area contributed by atoms with E-state index in [1.807, 2.05) is 12.1 Å². The van der Waals surface area contributed by atoms with Crippen LogP contribution in [0.2, 0.25) is 0 Å². The molecule has 0 heterocycles. The van der Waals surface area contributed by atoms with Crippen LogP contribution < -0.4 is 0 Å². The zero-order valence-electron chi connectivity index (χ0n) is 21.2. The first-order chi connectivity index (χ1) is 16.7. The normalized spacial score (nSPS) is 25.4. The van der Waals surface area contributed by atoms with Gasteiger partial charge < -0.3 is 0 Å². The van der Waals surface area contributed by atoms with E-state index in [9.17, 15) is 8.78 Å². The van der Waals surface area contributed by atoms with Crippen molar-refractivity contribution < 1.29 is 8.78 Å². The van der Waals surface area contributed by atoms with E-state index in [-0.39, 0.29) is 18.4 Å². The standard InChI is InChI=1S/C32H44F2/c1-2-3-4-5-24-6-15-29(16-7-24)31-21-20-30(32(34)22-31)19-10-25-8-13-27(14-9-25)28-17-11-26(23-33)12-18-28/h8-9,13-14,20-22,24,26,28-29H,2-7,10-12,15-19,23H2,1H3/t24-,26-,28-,29-. The monoisotopic (exact) mass is 466 g/mol. The zero-order valence-corrected chi connectivity index (χ0v) is 21.2. The van der Waals surface area contributed by atoms with Crippen LogP contribution in [0.4, 0.5) is 8.78 Å². The molecule has 2 aromatic rings. The summed E-state index contributed by atoms with van der Waals surface area (Å²) in [6.07, 6.45) is 16.3. The highest BCUT2D eigenvalue weighted by Crippen LogP contribution is 2.38. The first-order valence-corrected chi connectivity index (χ1v) is 14.1. The van der Waals surface area contributed by atoms with Gasteiger partial charge in [0.05, 0.1) is 6.67 Å². The molecule has 0 radical (unpaired) electrons. The molecule has 2 aromatic carbocycles. The Labute approximate surface area is 206 Å². The fourth-order valence-corrected chi connectivity index (χ4v) is 6.37. The predicted octanol–water partition coefficient (Wildman–Crippen LogP) is 9.71. The van der Waals surface area contributed by atoms with E-state index in [0.717, 1.165) is 50.0 Å². The van der Waals surface area contributed by atoms with E-state index < -0.39 is 0 Å². The lowest BCUT2D eigenvalue weighted by atomic mass is 9.77. The summed E-state index contributed by atoms with van der Waals surface area (Å²) >= 11 is 0. The Bertz CT molecular complexity index is 855. The van der Waals surface area contributed by atoms with Crippen molar-refractivity contribution in [2.45, 2.75) is 109 Å². The molecular formula is C32H44F2. The third kappa shape index (κ3) is 6.92. The predicted molar refractivity (Wildman–Crippen MR) is 140 cm³/mol. The van der Waals surface area contributed by atoms with Crippen molar-refractivity contribution in [2.75, 3.05) is 6.67 Å². The molecule has 0 N–H and O–H groups in total. The summed E-state index contributed by atoms with van der Waals surface area (Å²) in [4.78, 5) is 0. The van der Waals surface area contributed by atoms with Crippen LogP contribution in [0.1, 0.15) is 118 Å². The second-order valence-corrected chi connectivity index (χ2v) is 11.2. The summed E-state index contributed by atoms with van der Waals surface area (Å²) in [5.74, 6) is 2.27. The lowest BCUT2D eigenvalue weighted by molar-refractivity contribution is 0.263. The van der Waals surface area contributed by atoms with Crippen molar-refractivity contribution in [3.8, 4) is 0 Å². The second kappa shape index (κ2) is 12.8. The lowest BCUT2D eigenvalue weighted by Crippen LogP contribution is -2.14. The molecule has 2 saturated carbocycles. The number of benzene rings is 2. The Morgan fingerprint density at radius 1 is 0.706 bits per heavy atom. The van der Waals surface area contributed by atoms with E-state index in [1.54, 1.807) is 0 Å². The Hall–Kier alpha value is -1.70. The number of hydrogen-bond donors (Lipinski definition) is 0. The number of halogens is 2. The van der Waals surface area contributed by atoms with Crippen LogP contribution in [-0.2, 0) is 12.8 Å². The van der Waals surface area contributed by atoms with Gasteiger partial charge in [0, 0.05) is 0 Å². The topological polar surface area (TPSA) is 0 Å². The molecule has 0 aromatic heterocycles. The van der Waals surface area contributed by atoms with Gasteiger partial charge >= 0.3 is 0 Å². The molecule has 2 heteroatoms. The largest absolute Gasteiger partial charge is 0.251 e. The Balaban J connectivity index is 1.25. The number of hydrogen-bond acceptors (Lipinski definition) is 0. The van der Waals surface area contributed by atoms with Crippen LogP contribution in [0.15, 0.2) is 42.5 Å². The van der Waals surface area contributed by atoms with Gasteiger partial charge in [0.2, 0.25) is 0 Å². The zero-order chi connectivity index (χ0) is 23.8. The van der Waals surface area contributed by atoms with Crippen LogP contribution in [-0.4, -0.2) is 6.67 Å². The smallest absolute Gasteiger partial charge is 0.126 e. The van der Waals surface area contributed by atoms with Gasteiger partial charge in [-0.15, -0.1) is 0 Å². The van der Waals surface area contributed by atoms with Crippen molar-refractivity contribution in [2.24, 2.45) is 11.8 Å². The minimum atomic E-state index is -0.163. The maximum absolute atomic E-state index is 14.9. The molecular weight excluding hydrogens is 422 g/mol. The molecule has 2 fully saturated rings. The van der Waals surface area contributed by atoms with Gasteiger partial charge in [-0.1, -0.05) is 69.0 Å². The van der Waals surface area contributed by atoms with Crippen molar-refractivity contribution in [3.05, 3.63) is 70.5 Å². The molecule has 0 aliphatic heterocycles. The second-order valence-electron chi connectivity index (χ2n) is 11.2. The highest BCUT2D eigenvalue weighted by Gasteiger charge is 2.23. The summed E-state index contributed by atoms with van der Waals surface area (Å²) in [6.45, 7) is 2.11. The van der Waals surface area contributed by atoms with Gasteiger partial charge in [-0.05, 0) is 116 Å². The fraction of sp³-hybridized carbons (Fsp3) is 0.625. The van der Waals surface area contributed by atoms with Crippen molar-refractivity contribution in [1.82, 2.24) is 0 Å². The van der Waals surface area contributed by atoms with Crippen LogP contribution in [0.5, 0.6) is 0 Å². The highest BCUT2D eigenvalue weighted by molar-refractivity contribution is 5.30. The molecule has 186 valence electrons. The number of rotatable bonds is 10. The maximum Gasteiger partial charge on any atom is 0.126 e. The van der Waals surface area contributed by atoms with Crippen LogP contribution in [0.3, 0.4) is 0 Å². The van der Waals surface area contributed by atoms with Crippen LogP contribution in [0, 0.1) is 17.7 Å². The molecule has 0 amide bonds. The molecule has 34 heavy (non-hydrogen) atoms. The minimum Gasteiger partial charge on any atom is -0.251 e. The van der Waals surface area contributed by atoms with Gasteiger partial charge in [-0.2, -0.15) is 0 Å². The molecule has 0 unspecified atom stereocenters. The third-order valence-electron chi connectivity index (χ3n) is 8.81. The molecule has 0 spiro atoms. The maximum atomic E-state index is 14.9. The van der Waals surface area contributed by atoms with Crippen LogP contribution in [0.25, 0.3) is 0 Å². The number of aryl methyl sites for hydroxylation is 2. The Morgan fingerprint density at radius 3 is 1.94 bits per heavy atom. The number of unbranched alkanes of at least 4 members (excludes halogenated alkanes) is 2. The summed E-state index contributed by atoms with van der Waals surface area (Å²) < 4.78 is 27.8. The molecule has 2 aliphatic rings. The summed E-state index contributed by atoms with van der Waals surface area (Å²) in [7, 11) is 0. The van der Waals surface area contributed by atoms with E-state index in [1.165, 1.54) is 68.1 Å². The van der Waals surface area contributed by atoms with Crippen molar-refractivity contribution in [3.63, 3.8) is 0 Å². The minimum absolute atomic E-state index is 0.0242. The Kier molecular flexibility index (Phi) is 9.59. The van der Waals surface area contributed by atoms with Gasteiger partial charge in [0.15, 0.2) is 0 Å². The highest BCUT2D eigenvalue weighted by atomic mass is 19.1. The first kappa shape index (κ1) is 25.4. The third-order valence-corrected chi connectivity index (χ3v) is 8.81. The van der Waals surface area contributed by atoms with E-state index in [2.05, 4.69) is 37.3 Å². The van der Waals surface area contributed by atoms with E-state index in [0.29, 0.717) is 11.8 Å². The number of alkyl halides is 1. The van der Waals surface area contributed by atoms with Gasteiger partial charge in [-0.3, -0.25) is 4.39 Å². The fourth-order valence-electron chi connectivity index (χ4n) is 6.37. The molecule has 2 aliphatic carbocycles. The molecule has 4 rings (SSSR count). The molecule has 0 atom stereocenters. The summed E-state index contributed by atoms with van der Waals surface area (Å²) in [5, 5.41) is 0. The van der Waals surface area contributed by atoms with E-state index in [4.69, 9.17) is 0 Å². The summed E-state index contributed by atoms with van der Waals surface area (Å²) in [6, 6.07) is 15.0. The molecule has 0 nitrogen and oxygen atoms in total. The Morgan fingerprint density at radius 2 is 1.32 bits per heavy atom. The van der Waals surface area contributed by atoms with Crippen molar-refractivity contribution in [1.29, 1.82) is 0 Å². The SMILES string of the molecule is CCCCC[C@H]1CC[C@H](c2ccc(CCc3ccc([C@H]4CC[C@H](CF)CC4)cc3)c(F)c2)CC1. The van der Waals surface area contributed by atoms with Crippen molar-refractivity contribution >= 4 is 0 Å². The van der Waals surface area contributed by atoms with E-state index >= 15 is 0 Å². The van der Waals surface area contributed by atoms with Gasteiger partial charge in [0.1, 0.15) is 5.82 Å². The lowest BCUT2D eigenvalue weighted by Gasteiger charge is -2.29. The van der Waals surface area contributed by atoms with Gasteiger partial charge in [-0.25, -0.2) is 4.39 Å².